The zero-order valence-corrected chi connectivity index (χ0v) is 10.9. The first-order valence-electron chi connectivity index (χ1n) is 5.17. The van der Waals surface area contributed by atoms with Gasteiger partial charge in [0, 0.05) is 10.7 Å². The highest BCUT2D eigenvalue weighted by molar-refractivity contribution is 8.13. The summed E-state index contributed by atoms with van der Waals surface area (Å²) in [6.45, 7) is 2.36. The predicted octanol–water partition coefficient (Wildman–Crippen LogP) is 2.57. The van der Waals surface area contributed by atoms with E-state index in [2.05, 4.69) is 0 Å². The standard InChI is InChI=1S/C11H13ClO4S/c1-2-3-8-16-11(13)9-4-6-10(7-5-9)17(12,14)15/h4-7H,2-3,8H2,1H3. The first-order valence-corrected chi connectivity index (χ1v) is 7.48. The maximum absolute atomic E-state index is 11.5. The summed E-state index contributed by atoms with van der Waals surface area (Å²) < 4.78 is 26.9. The van der Waals surface area contributed by atoms with Crippen LogP contribution in [0, 0.1) is 0 Å². The number of hydrogen-bond acceptors (Lipinski definition) is 4. The van der Waals surface area contributed by atoms with Crippen molar-refractivity contribution >= 4 is 25.7 Å². The number of carbonyl (C=O) groups excluding carboxylic acids is 1. The van der Waals surface area contributed by atoms with Gasteiger partial charge in [-0.05, 0) is 30.7 Å². The van der Waals surface area contributed by atoms with Gasteiger partial charge in [0.05, 0.1) is 17.1 Å². The van der Waals surface area contributed by atoms with Gasteiger partial charge in [-0.2, -0.15) is 0 Å². The SMILES string of the molecule is CCCCOC(=O)c1ccc(S(=O)(=O)Cl)cc1. The molecular formula is C11H13ClO4S. The van der Waals surface area contributed by atoms with Gasteiger partial charge in [-0.15, -0.1) is 0 Å². The molecule has 0 radical (unpaired) electrons. The number of ether oxygens (including phenoxy) is 1. The van der Waals surface area contributed by atoms with Gasteiger partial charge in [0.1, 0.15) is 0 Å². The molecule has 0 N–H and O–H groups in total. The topological polar surface area (TPSA) is 60.4 Å². The molecule has 0 fully saturated rings. The van der Waals surface area contributed by atoms with E-state index < -0.39 is 15.0 Å². The van der Waals surface area contributed by atoms with Crippen molar-refractivity contribution < 1.29 is 17.9 Å². The molecule has 0 aromatic heterocycles. The lowest BCUT2D eigenvalue weighted by molar-refractivity contribution is 0.0499. The second-order valence-electron chi connectivity index (χ2n) is 3.45. The Morgan fingerprint density at radius 3 is 2.35 bits per heavy atom. The zero-order valence-electron chi connectivity index (χ0n) is 9.35. The summed E-state index contributed by atoms with van der Waals surface area (Å²) in [5.41, 5.74) is 0.310. The summed E-state index contributed by atoms with van der Waals surface area (Å²) in [5.74, 6) is -0.461. The Kier molecular flexibility index (Phi) is 4.96. The normalized spacial score (nSPS) is 11.2. The number of halogens is 1. The molecule has 0 unspecified atom stereocenters. The van der Waals surface area contributed by atoms with E-state index in [0.29, 0.717) is 12.2 Å². The first-order chi connectivity index (χ1) is 7.95. The van der Waals surface area contributed by atoms with Crippen molar-refractivity contribution in [2.75, 3.05) is 6.61 Å². The van der Waals surface area contributed by atoms with Crippen molar-refractivity contribution in [1.82, 2.24) is 0 Å². The highest BCUT2D eigenvalue weighted by atomic mass is 35.7. The molecule has 0 saturated heterocycles. The third-order valence-electron chi connectivity index (χ3n) is 2.10. The molecule has 0 spiro atoms. The number of unbranched alkanes of at least 4 members (excludes halogenated alkanes) is 1. The summed E-state index contributed by atoms with van der Waals surface area (Å²) >= 11 is 0. The van der Waals surface area contributed by atoms with Crippen LogP contribution in [0.1, 0.15) is 30.1 Å². The average Bonchev–Trinajstić information content (AvgIpc) is 2.28. The van der Waals surface area contributed by atoms with Gasteiger partial charge < -0.3 is 4.74 Å². The van der Waals surface area contributed by atoms with E-state index in [1.165, 1.54) is 24.3 Å². The summed E-state index contributed by atoms with van der Waals surface area (Å²) in [6.07, 6.45) is 1.75. The van der Waals surface area contributed by atoms with Crippen LogP contribution in [0.3, 0.4) is 0 Å². The van der Waals surface area contributed by atoms with E-state index in [-0.39, 0.29) is 4.90 Å². The molecule has 94 valence electrons. The van der Waals surface area contributed by atoms with Crippen molar-refractivity contribution in [1.29, 1.82) is 0 Å². The van der Waals surface area contributed by atoms with E-state index in [4.69, 9.17) is 15.4 Å². The van der Waals surface area contributed by atoms with E-state index in [0.717, 1.165) is 12.8 Å². The lowest BCUT2D eigenvalue weighted by Gasteiger charge is -2.04. The molecule has 0 aliphatic heterocycles. The molecule has 1 rings (SSSR count). The lowest BCUT2D eigenvalue weighted by atomic mass is 10.2. The lowest BCUT2D eigenvalue weighted by Crippen LogP contribution is -2.06. The molecule has 4 nitrogen and oxygen atoms in total. The number of hydrogen-bond donors (Lipinski definition) is 0. The zero-order chi connectivity index (χ0) is 12.9. The molecule has 0 heterocycles. The van der Waals surface area contributed by atoms with Crippen LogP contribution in [0.5, 0.6) is 0 Å². The monoisotopic (exact) mass is 276 g/mol. The smallest absolute Gasteiger partial charge is 0.338 e. The molecule has 0 amide bonds. The fourth-order valence-corrected chi connectivity index (χ4v) is 1.92. The Morgan fingerprint density at radius 1 is 1.29 bits per heavy atom. The molecule has 0 aliphatic rings. The van der Waals surface area contributed by atoms with Gasteiger partial charge in [-0.3, -0.25) is 0 Å². The van der Waals surface area contributed by atoms with E-state index >= 15 is 0 Å². The van der Waals surface area contributed by atoms with Crippen molar-refractivity contribution in [3.63, 3.8) is 0 Å². The van der Waals surface area contributed by atoms with E-state index in [1.807, 2.05) is 6.92 Å². The van der Waals surface area contributed by atoms with Crippen molar-refractivity contribution in [2.24, 2.45) is 0 Å². The molecule has 1 aromatic carbocycles. The average molecular weight is 277 g/mol. The molecule has 0 bridgehead atoms. The predicted molar refractivity (Wildman–Crippen MR) is 64.7 cm³/mol. The van der Waals surface area contributed by atoms with Crippen LogP contribution in [-0.4, -0.2) is 21.0 Å². The summed E-state index contributed by atoms with van der Waals surface area (Å²) in [6, 6.07) is 5.31. The minimum absolute atomic E-state index is 0.0377. The molecule has 0 aliphatic carbocycles. The van der Waals surface area contributed by atoms with Crippen molar-refractivity contribution in [2.45, 2.75) is 24.7 Å². The van der Waals surface area contributed by atoms with Crippen LogP contribution < -0.4 is 0 Å². The highest BCUT2D eigenvalue weighted by Gasteiger charge is 2.12. The quantitative estimate of drug-likeness (QED) is 0.471. The Balaban J connectivity index is 2.71. The van der Waals surface area contributed by atoms with Gasteiger partial charge in [0.15, 0.2) is 0 Å². The van der Waals surface area contributed by atoms with Gasteiger partial charge in [0.2, 0.25) is 0 Å². The Hall–Kier alpha value is -1.07. The summed E-state index contributed by atoms with van der Waals surface area (Å²) in [7, 11) is 1.40. The van der Waals surface area contributed by atoms with Gasteiger partial charge >= 0.3 is 5.97 Å². The fourth-order valence-electron chi connectivity index (χ4n) is 1.15. The van der Waals surface area contributed by atoms with E-state index in [9.17, 15) is 13.2 Å². The van der Waals surface area contributed by atoms with E-state index in [1.54, 1.807) is 0 Å². The second-order valence-corrected chi connectivity index (χ2v) is 6.02. The molecular weight excluding hydrogens is 264 g/mol. The third kappa shape index (κ3) is 4.36. The minimum atomic E-state index is -3.75. The highest BCUT2D eigenvalue weighted by Crippen LogP contribution is 2.15. The Bertz CT molecular complexity index is 479. The second kappa shape index (κ2) is 6.02. The summed E-state index contributed by atoms with van der Waals surface area (Å²) in [5, 5.41) is 0. The number of carbonyl (C=O) groups is 1. The largest absolute Gasteiger partial charge is 0.462 e. The number of rotatable bonds is 5. The third-order valence-corrected chi connectivity index (χ3v) is 3.47. The summed E-state index contributed by atoms with van der Waals surface area (Å²) in [4.78, 5) is 11.4. The van der Waals surface area contributed by atoms with Crippen LogP contribution in [0.25, 0.3) is 0 Å². The first kappa shape index (κ1) is 14.0. The Labute approximate surface area is 105 Å². The molecule has 17 heavy (non-hydrogen) atoms. The molecule has 0 saturated carbocycles. The fraction of sp³-hybridized carbons (Fsp3) is 0.364. The van der Waals surface area contributed by atoms with Gasteiger partial charge in [-0.25, -0.2) is 13.2 Å². The molecule has 6 heteroatoms. The molecule has 1 aromatic rings. The number of esters is 1. The van der Waals surface area contributed by atoms with Crippen LogP contribution in [0.15, 0.2) is 29.2 Å². The van der Waals surface area contributed by atoms with Crippen molar-refractivity contribution in [3.8, 4) is 0 Å². The van der Waals surface area contributed by atoms with Crippen molar-refractivity contribution in [3.05, 3.63) is 29.8 Å². The van der Waals surface area contributed by atoms with Crippen LogP contribution >= 0.6 is 10.7 Å². The van der Waals surface area contributed by atoms with Crippen LogP contribution in [-0.2, 0) is 13.8 Å². The van der Waals surface area contributed by atoms with Crippen LogP contribution in [0.2, 0.25) is 0 Å². The van der Waals surface area contributed by atoms with Gasteiger partial charge in [-0.1, -0.05) is 13.3 Å². The molecule has 0 atom stereocenters. The maximum atomic E-state index is 11.5. The van der Waals surface area contributed by atoms with Gasteiger partial charge in [0.25, 0.3) is 9.05 Å². The minimum Gasteiger partial charge on any atom is -0.462 e. The van der Waals surface area contributed by atoms with Crippen LogP contribution in [0.4, 0.5) is 0 Å². The maximum Gasteiger partial charge on any atom is 0.338 e. The number of benzene rings is 1. The Morgan fingerprint density at radius 2 is 1.88 bits per heavy atom.